The molecular weight excluding hydrogens is 399 g/mol. The Kier molecular flexibility index (Phi) is 12.1. The van der Waals surface area contributed by atoms with Crippen LogP contribution in [0.3, 0.4) is 0 Å². The highest BCUT2D eigenvalue weighted by atomic mass is 35.5. The van der Waals surface area contributed by atoms with Crippen molar-refractivity contribution in [1.29, 1.82) is 0 Å². The predicted octanol–water partition coefficient (Wildman–Crippen LogP) is 2.93. The number of amides is 2. The molecule has 1 atom stereocenters. The average molecular weight is 427 g/mol. The molecule has 0 aliphatic rings. The molecule has 8 heteroatoms. The number of hydrogen-bond donors (Lipinski definition) is 3. The Balaban J connectivity index is 0.00000364. The maximum Gasteiger partial charge on any atom is 0.241 e. The van der Waals surface area contributed by atoms with Gasteiger partial charge in [-0.15, -0.1) is 24.8 Å². The number of nitrogens with zero attached hydrogens (tertiary/aromatic N) is 1. The first kappa shape index (κ1) is 25.9. The summed E-state index contributed by atoms with van der Waals surface area (Å²) in [6, 6.07) is 16.0. The minimum Gasteiger partial charge on any atom is -0.326 e. The lowest BCUT2D eigenvalue weighted by Crippen LogP contribution is -2.37. The van der Waals surface area contributed by atoms with Crippen LogP contribution in [0.4, 0.5) is 11.4 Å². The molecule has 0 bridgehead atoms. The Hall–Kier alpha value is -2.12. The molecule has 2 rings (SSSR count). The lowest BCUT2D eigenvalue weighted by molar-refractivity contribution is -0.117. The van der Waals surface area contributed by atoms with E-state index in [1.165, 1.54) is 0 Å². The molecule has 0 heterocycles. The minimum atomic E-state index is -0.622. The zero-order chi connectivity index (χ0) is 18.9. The highest BCUT2D eigenvalue weighted by Crippen LogP contribution is 2.14. The number of nitrogens with two attached hydrogens (primary N) is 1. The molecule has 0 fully saturated rings. The van der Waals surface area contributed by atoms with Crippen LogP contribution < -0.4 is 16.4 Å². The molecule has 4 N–H and O–H groups in total. The molecule has 0 aromatic heterocycles. The minimum absolute atomic E-state index is 0. The largest absolute Gasteiger partial charge is 0.326 e. The Morgan fingerprint density at radius 2 is 1.46 bits per heavy atom. The summed E-state index contributed by atoms with van der Waals surface area (Å²) in [5.74, 6) is -0.281. The molecule has 154 valence electrons. The number of carbonyl (C=O) groups is 2. The summed E-state index contributed by atoms with van der Waals surface area (Å²) < 4.78 is 0. The lowest BCUT2D eigenvalue weighted by atomic mass is 10.1. The van der Waals surface area contributed by atoms with Crippen molar-refractivity contribution < 1.29 is 9.59 Å². The highest BCUT2D eigenvalue weighted by molar-refractivity contribution is 5.95. The number of benzene rings is 2. The van der Waals surface area contributed by atoms with Gasteiger partial charge in [0.05, 0.1) is 6.04 Å². The van der Waals surface area contributed by atoms with Crippen LogP contribution in [-0.4, -0.2) is 43.4 Å². The van der Waals surface area contributed by atoms with E-state index < -0.39 is 6.04 Å². The smallest absolute Gasteiger partial charge is 0.241 e. The van der Waals surface area contributed by atoms with Gasteiger partial charge in [0.1, 0.15) is 0 Å². The van der Waals surface area contributed by atoms with Crippen molar-refractivity contribution in [2.75, 3.05) is 31.3 Å². The Bertz CT molecular complexity index is 725. The van der Waals surface area contributed by atoms with Gasteiger partial charge in [0.25, 0.3) is 0 Å². The second kappa shape index (κ2) is 13.1. The van der Waals surface area contributed by atoms with Crippen molar-refractivity contribution in [3.05, 3.63) is 60.2 Å². The van der Waals surface area contributed by atoms with Crippen LogP contribution in [-0.2, 0) is 16.0 Å². The van der Waals surface area contributed by atoms with Crippen molar-refractivity contribution in [3.63, 3.8) is 0 Å². The third-order valence-corrected chi connectivity index (χ3v) is 3.86. The van der Waals surface area contributed by atoms with Crippen LogP contribution in [0.2, 0.25) is 0 Å². The molecule has 0 saturated heterocycles. The highest BCUT2D eigenvalue weighted by Gasteiger charge is 2.14. The van der Waals surface area contributed by atoms with Crippen molar-refractivity contribution in [2.45, 2.75) is 18.9 Å². The van der Waals surface area contributed by atoms with E-state index in [9.17, 15) is 9.59 Å². The topological polar surface area (TPSA) is 87.5 Å². The van der Waals surface area contributed by atoms with Gasteiger partial charge in [0.15, 0.2) is 0 Å². The molecule has 2 aromatic rings. The summed E-state index contributed by atoms with van der Waals surface area (Å²) in [6.45, 7) is 0.694. The van der Waals surface area contributed by atoms with Crippen LogP contribution in [0.15, 0.2) is 54.6 Å². The second-order valence-corrected chi connectivity index (χ2v) is 6.46. The van der Waals surface area contributed by atoms with Gasteiger partial charge in [0.2, 0.25) is 11.8 Å². The van der Waals surface area contributed by atoms with Gasteiger partial charge < -0.3 is 21.3 Å². The quantitative estimate of drug-likeness (QED) is 0.605. The van der Waals surface area contributed by atoms with Crippen LogP contribution in [0, 0.1) is 0 Å². The van der Waals surface area contributed by atoms with Gasteiger partial charge in [-0.25, -0.2) is 0 Å². The van der Waals surface area contributed by atoms with Crippen molar-refractivity contribution in [1.82, 2.24) is 4.90 Å². The monoisotopic (exact) mass is 426 g/mol. The van der Waals surface area contributed by atoms with Gasteiger partial charge in [-0.1, -0.05) is 30.3 Å². The van der Waals surface area contributed by atoms with E-state index in [2.05, 4.69) is 10.6 Å². The molecule has 0 spiro atoms. The Labute approximate surface area is 178 Å². The van der Waals surface area contributed by atoms with Gasteiger partial charge in [-0.2, -0.15) is 0 Å². The third kappa shape index (κ3) is 9.19. The second-order valence-electron chi connectivity index (χ2n) is 6.46. The molecule has 2 aromatic carbocycles. The van der Waals surface area contributed by atoms with Crippen LogP contribution >= 0.6 is 24.8 Å². The fourth-order valence-corrected chi connectivity index (χ4v) is 2.38. The zero-order valence-electron chi connectivity index (χ0n) is 16.1. The molecule has 0 radical (unpaired) electrons. The van der Waals surface area contributed by atoms with E-state index in [1.807, 2.05) is 49.3 Å². The summed E-state index contributed by atoms with van der Waals surface area (Å²) in [6.07, 6.45) is 0.909. The maximum atomic E-state index is 12.2. The summed E-state index contributed by atoms with van der Waals surface area (Å²) in [4.78, 5) is 26.0. The van der Waals surface area contributed by atoms with E-state index >= 15 is 0 Å². The molecule has 28 heavy (non-hydrogen) atoms. The molecule has 6 nitrogen and oxygen atoms in total. The molecule has 2 amide bonds. The third-order valence-electron chi connectivity index (χ3n) is 3.86. The SMILES string of the molecule is CN(C)CCC(=O)Nc1ccc(NC(=O)C(N)Cc2ccccc2)cc1.Cl.Cl. The van der Waals surface area contributed by atoms with Crippen molar-refractivity contribution in [2.24, 2.45) is 5.73 Å². The predicted molar refractivity (Wildman–Crippen MR) is 119 cm³/mol. The summed E-state index contributed by atoms with van der Waals surface area (Å²) in [7, 11) is 3.85. The normalized spacial score (nSPS) is 11.0. The Morgan fingerprint density at radius 1 is 0.929 bits per heavy atom. The maximum absolute atomic E-state index is 12.2. The van der Waals surface area contributed by atoms with Crippen molar-refractivity contribution in [3.8, 4) is 0 Å². The van der Waals surface area contributed by atoms with Gasteiger partial charge in [-0.05, 0) is 50.3 Å². The number of anilines is 2. The van der Waals surface area contributed by atoms with Crippen LogP contribution in [0.1, 0.15) is 12.0 Å². The van der Waals surface area contributed by atoms with E-state index in [-0.39, 0.29) is 36.6 Å². The summed E-state index contributed by atoms with van der Waals surface area (Å²) in [5.41, 5.74) is 8.34. The van der Waals surface area contributed by atoms with E-state index in [1.54, 1.807) is 24.3 Å². The van der Waals surface area contributed by atoms with E-state index in [0.717, 1.165) is 5.56 Å². The number of nitrogens with one attached hydrogen (secondary N) is 2. The Morgan fingerprint density at radius 3 is 2.00 bits per heavy atom. The van der Waals surface area contributed by atoms with Crippen molar-refractivity contribution >= 4 is 48.0 Å². The fraction of sp³-hybridized carbons (Fsp3) is 0.300. The van der Waals surface area contributed by atoms with Crippen LogP contribution in [0.5, 0.6) is 0 Å². The zero-order valence-corrected chi connectivity index (χ0v) is 17.7. The fourth-order valence-electron chi connectivity index (χ4n) is 2.38. The number of halogens is 2. The number of rotatable bonds is 8. The average Bonchev–Trinajstić information content (AvgIpc) is 2.62. The first-order chi connectivity index (χ1) is 12.4. The van der Waals surface area contributed by atoms with Gasteiger partial charge >= 0.3 is 0 Å². The molecule has 0 aliphatic heterocycles. The number of hydrogen-bond acceptors (Lipinski definition) is 4. The van der Waals surface area contributed by atoms with Gasteiger partial charge in [-0.3, -0.25) is 9.59 Å². The molecule has 0 saturated carbocycles. The number of carbonyl (C=O) groups excluding carboxylic acids is 2. The summed E-state index contributed by atoms with van der Waals surface area (Å²) >= 11 is 0. The first-order valence-corrected chi connectivity index (χ1v) is 8.59. The summed E-state index contributed by atoms with van der Waals surface area (Å²) in [5, 5.41) is 5.63. The van der Waals surface area contributed by atoms with E-state index in [4.69, 9.17) is 5.73 Å². The first-order valence-electron chi connectivity index (χ1n) is 8.59. The van der Waals surface area contributed by atoms with Crippen LogP contribution in [0.25, 0.3) is 0 Å². The van der Waals surface area contributed by atoms with E-state index in [0.29, 0.717) is 30.8 Å². The molecular formula is C20H28Cl2N4O2. The van der Waals surface area contributed by atoms with Gasteiger partial charge in [0, 0.05) is 24.3 Å². The standard InChI is InChI=1S/C20H26N4O2.2ClH/c1-24(2)13-12-19(25)22-16-8-10-17(11-9-16)23-20(26)18(21)14-15-6-4-3-5-7-15;;/h3-11,18H,12-14,21H2,1-2H3,(H,22,25)(H,23,26);2*1H. The molecule has 1 unspecified atom stereocenters. The lowest BCUT2D eigenvalue weighted by Gasteiger charge is -2.13. The molecule has 0 aliphatic carbocycles.